The van der Waals surface area contributed by atoms with E-state index in [1.165, 1.54) is 7.11 Å². The molecule has 0 spiro atoms. The lowest BCUT2D eigenvalue weighted by Crippen LogP contribution is -2.44. The number of carbonyl (C=O) groups is 2. The fourth-order valence-electron chi connectivity index (χ4n) is 5.15. The second kappa shape index (κ2) is 10.3. The summed E-state index contributed by atoms with van der Waals surface area (Å²) in [5.41, 5.74) is 2.86. The molecule has 1 amide bonds. The van der Waals surface area contributed by atoms with Crippen LogP contribution >= 0.6 is 0 Å². The molecule has 4 rings (SSSR count). The number of ether oxygens (including phenoxy) is 2. The van der Waals surface area contributed by atoms with Crippen molar-refractivity contribution >= 4 is 11.9 Å². The maximum absolute atomic E-state index is 14.1. The van der Waals surface area contributed by atoms with Crippen molar-refractivity contribution in [3.8, 4) is 5.75 Å². The second-order valence-corrected chi connectivity index (χ2v) is 8.53. The highest BCUT2D eigenvalue weighted by Crippen LogP contribution is 2.51. The fraction of sp³-hybridized carbons (Fsp3) is 0.286. The molecule has 2 aliphatic heterocycles. The van der Waals surface area contributed by atoms with E-state index in [1.54, 1.807) is 31.2 Å². The lowest BCUT2D eigenvalue weighted by Gasteiger charge is -2.35. The molecule has 2 aromatic rings. The molecule has 2 heterocycles. The Kier molecular flexibility index (Phi) is 7.19. The van der Waals surface area contributed by atoms with Gasteiger partial charge in [-0.3, -0.25) is 9.69 Å². The Hall–Kier alpha value is -3.68. The van der Waals surface area contributed by atoms with Crippen LogP contribution in [-0.4, -0.2) is 60.1 Å². The molecule has 2 aromatic carbocycles. The third kappa shape index (κ3) is 4.17. The van der Waals surface area contributed by atoms with Gasteiger partial charge in [-0.15, -0.1) is 13.2 Å². The number of benzene rings is 2. The van der Waals surface area contributed by atoms with Crippen molar-refractivity contribution < 1.29 is 19.1 Å². The first-order valence-corrected chi connectivity index (χ1v) is 11.5. The third-order valence-corrected chi connectivity index (χ3v) is 6.62. The van der Waals surface area contributed by atoms with Crippen LogP contribution in [0.25, 0.3) is 0 Å². The van der Waals surface area contributed by atoms with Gasteiger partial charge in [0.1, 0.15) is 11.8 Å². The zero-order chi connectivity index (χ0) is 25.1. The summed E-state index contributed by atoms with van der Waals surface area (Å²) >= 11 is 0. The predicted octanol–water partition coefficient (Wildman–Crippen LogP) is 4.04. The van der Waals surface area contributed by atoms with Gasteiger partial charge in [0.2, 0.25) is 0 Å². The molecule has 0 aliphatic carbocycles. The zero-order valence-corrected chi connectivity index (χ0v) is 20.4. The van der Waals surface area contributed by atoms with Gasteiger partial charge >= 0.3 is 5.97 Å². The fourth-order valence-corrected chi connectivity index (χ4v) is 5.15. The van der Waals surface area contributed by atoms with Crippen molar-refractivity contribution in [3.63, 3.8) is 0 Å². The van der Waals surface area contributed by atoms with Crippen LogP contribution in [0.2, 0.25) is 0 Å². The first kappa shape index (κ1) is 24.4. The highest BCUT2D eigenvalue weighted by atomic mass is 16.5. The molecule has 7 heteroatoms. The van der Waals surface area contributed by atoms with Crippen LogP contribution in [0.1, 0.15) is 30.1 Å². The van der Waals surface area contributed by atoms with Crippen LogP contribution in [-0.2, 0) is 14.3 Å². The molecule has 0 unspecified atom stereocenters. The monoisotopic (exact) mass is 473 g/mol. The number of methoxy groups -OCH3 is 2. The Morgan fingerprint density at radius 1 is 1.00 bits per heavy atom. The molecular weight excluding hydrogens is 442 g/mol. The smallest absolute Gasteiger partial charge is 0.337 e. The zero-order valence-electron chi connectivity index (χ0n) is 20.4. The van der Waals surface area contributed by atoms with E-state index < -0.39 is 18.1 Å². The number of hydrogen-bond donors (Lipinski definition) is 0. The van der Waals surface area contributed by atoms with E-state index in [1.807, 2.05) is 59.6 Å². The molecule has 0 radical (unpaired) electrons. The average Bonchev–Trinajstić information content (AvgIpc) is 3.35. The summed E-state index contributed by atoms with van der Waals surface area (Å²) in [7, 11) is 2.97. The van der Waals surface area contributed by atoms with Crippen molar-refractivity contribution in [2.45, 2.75) is 25.0 Å². The van der Waals surface area contributed by atoms with Gasteiger partial charge in [0.05, 0.1) is 31.9 Å². The summed E-state index contributed by atoms with van der Waals surface area (Å²) < 4.78 is 10.5. The van der Waals surface area contributed by atoms with Gasteiger partial charge in [0.15, 0.2) is 0 Å². The molecule has 35 heavy (non-hydrogen) atoms. The van der Waals surface area contributed by atoms with Crippen molar-refractivity contribution in [2.75, 3.05) is 27.3 Å². The quantitative estimate of drug-likeness (QED) is 0.405. The van der Waals surface area contributed by atoms with Gasteiger partial charge in [-0.2, -0.15) is 5.01 Å². The summed E-state index contributed by atoms with van der Waals surface area (Å²) in [6.45, 7) is 10.6. The van der Waals surface area contributed by atoms with E-state index in [0.717, 1.165) is 11.1 Å². The average molecular weight is 474 g/mol. The SMILES string of the molecule is C=CCN(CC=C)[C@H]1C(=O)N2C(C)=C(C(=O)OC)[C@H](c3ccc(OC)cc3)N2[C@@H]1c1ccccc1. The summed E-state index contributed by atoms with van der Waals surface area (Å²) in [6.07, 6.45) is 3.59. The van der Waals surface area contributed by atoms with Crippen LogP contribution in [0.3, 0.4) is 0 Å². The summed E-state index contributed by atoms with van der Waals surface area (Å²) in [5, 5.41) is 3.67. The predicted molar refractivity (Wildman–Crippen MR) is 134 cm³/mol. The van der Waals surface area contributed by atoms with Gasteiger partial charge in [0, 0.05) is 18.8 Å². The van der Waals surface area contributed by atoms with E-state index in [0.29, 0.717) is 30.1 Å². The lowest BCUT2D eigenvalue weighted by molar-refractivity contribution is -0.138. The molecule has 1 fully saturated rings. The Balaban J connectivity index is 1.93. The maximum Gasteiger partial charge on any atom is 0.337 e. The number of hydrogen-bond acceptors (Lipinski definition) is 6. The highest BCUT2D eigenvalue weighted by Gasteiger charge is 2.58. The maximum atomic E-state index is 14.1. The minimum absolute atomic E-state index is 0.0996. The summed E-state index contributed by atoms with van der Waals surface area (Å²) in [4.78, 5) is 29.2. The first-order valence-electron chi connectivity index (χ1n) is 11.5. The second-order valence-electron chi connectivity index (χ2n) is 8.53. The van der Waals surface area contributed by atoms with E-state index in [2.05, 4.69) is 18.1 Å². The Morgan fingerprint density at radius 2 is 1.63 bits per heavy atom. The molecule has 1 saturated heterocycles. The Morgan fingerprint density at radius 3 is 2.17 bits per heavy atom. The van der Waals surface area contributed by atoms with Crippen LogP contribution in [0.5, 0.6) is 5.75 Å². The molecule has 0 N–H and O–H groups in total. The Labute approximate surface area is 206 Å². The van der Waals surface area contributed by atoms with Crippen molar-refractivity contribution in [3.05, 3.63) is 102 Å². The molecule has 7 nitrogen and oxygen atoms in total. The topological polar surface area (TPSA) is 62.3 Å². The molecular formula is C28H31N3O4. The van der Waals surface area contributed by atoms with Crippen LogP contribution in [0, 0.1) is 0 Å². The molecule has 2 aliphatic rings. The van der Waals surface area contributed by atoms with E-state index in [-0.39, 0.29) is 11.9 Å². The van der Waals surface area contributed by atoms with Gasteiger partial charge in [-0.25, -0.2) is 9.80 Å². The largest absolute Gasteiger partial charge is 0.497 e. The molecule has 182 valence electrons. The van der Waals surface area contributed by atoms with Crippen LogP contribution < -0.4 is 4.74 Å². The van der Waals surface area contributed by atoms with E-state index >= 15 is 0 Å². The van der Waals surface area contributed by atoms with E-state index in [9.17, 15) is 9.59 Å². The number of amides is 1. The number of nitrogens with zero attached hydrogens (tertiary/aromatic N) is 3. The summed E-state index contributed by atoms with van der Waals surface area (Å²) in [5.74, 6) is 0.155. The van der Waals surface area contributed by atoms with Crippen molar-refractivity contribution in [1.29, 1.82) is 0 Å². The van der Waals surface area contributed by atoms with Crippen LogP contribution in [0.15, 0.2) is 91.2 Å². The number of rotatable bonds is 9. The van der Waals surface area contributed by atoms with Gasteiger partial charge < -0.3 is 9.47 Å². The minimum atomic E-state index is -0.512. The Bertz CT molecular complexity index is 1130. The van der Waals surface area contributed by atoms with Crippen LogP contribution in [0.4, 0.5) is 0 Å². The molecule has 3 atom stereocenters. The molecule has 0 bridgehead atoms. The first-order chi connectivity index (χ1) is 17.0. The van der Waals surface area contributed by atoms with Crippen molar-refractivity contribution in [1.82, 2.24) is 14.9 Å². The number of fused-ring (bicyclic) bond motifs is 1. The number of esters is 1. The standard InChI is InChI=1S/C28H31N3O4/c1-6-17-29(18-7-2)26-25(20-11-9-8-10-12-20)31-24(21-13-15-22(34-4)16-14-21)23(28(33)35-5)19(3)30(31)27(26)32/h6-16,24-26H,1-2,17-18H2,3-5H3/t24-,25+,26+/m0/s1. The van der Waals surface area contributed by atoms with Gasteiger partial charge in [-0.05, 0) is 30.2 Å². The minimum Gasteiger partial charge on any atom is -0.497 e. The summed E-state index contributed by atoms with van der Waals surface area (Å²) in [6, 6.07) is 16.1. The van der Waals surface area contributed by atoms with Crippen molar-refractivity contribution in [2.24, 2.45) is 0 Å². The number of carbonyl (C=O) groups excluding carboxylic acids is 2. The lowest BCUT2D eigenvalue weighted by atomic mass is 9.92. The van der Waals surface area contributed by atoms with E-state index in [4.69, 9.17) is 9.47 Å². The molecule has 0 saturated carbocycles. The highest BCUT2D eigenvalue weighted by molar-refractivity contribution is 5.95. The number of allylic oxidation sites excluding steroid dienone is 1. The number of hydrazine groups is 1. The molecule has 0 aromatic heterocycles. The van der Waals surface area contributed by atoms with Gasteiger partial charge in [0.25, 0.3) is 5.91 Å². The van der Waals surface area contributed by atoms with Gasteiger partial charge in [-0.1, -0.05) is 54.6 Å². The third-order valence-electron chi connectivity index (χ3n) is 6.62. The normalized spacial score (nSPS) is 21.9.